The molecule has 150 valence electrons. The predicted molar refractivity (Wildman–Crippen MR) is 118 cm³/mol. The molecule has 0 saturated carbocycles. The summed E-state index contributed by atoms with van der Waals surface area (Å²) in [6.45, 7) is 10.1. The first-order chi connectivity index (χ1) is 13.5. The number of hydrogen-bond acceptors (Lipinski definition) is 2. The van der Waals surface area contributed by atoms with Crippen molar-refractivity contribution in [3.63, 3.8) is 0 Å². The van der Waals surface area contributed by atoms with Gasteiger partial charge in [-0.1, -0.05) is 44.2 Å². The van der Waals surface area contributed by atoms with Gasteiger partial charge in [-0.05, 0) is 55.5 Å². The number of amides is 1. The Bertz CT molecular complexity index is 786. The molecule has 0 bridgehead atoms. The van der Waals surface area contributed by atoms with Crippen molar-refractivity contribution in [2.75, 3.05) is 18.4 Å². The highest BCUT2D eigenvalue weighted by atomic mass is 16.2. The summed E-state index contributed by atoms with van der Waals surface area (Å²) in [4.78, 5) is 18.7. The van der Waals surface area contributed by atoms with Crippen LogP contribution in [0, 0.1) is 0 Å². The first kappa shape index (κ1) is 21.5. The summed E-state index contributed by atoms with van der Waals surface area (Å²) in [6.07, 6.45) is 1.87. The lowest BCUT2D eigenvalue weighted by atomic mass is 10.0. The Hall–Kier alpha value is -2.82. The van der Waals surface area contributed by atoms with Crippen LogP contribution in [-0.2, 0) is 19.4 Å². The molecular formula is C23H32N4O. The minimum absolute atomic E-state index is 0.0597. The number of hydrogen-bond donors (Lipinski definition) is 2. The Labute approximate surface area is 168 Å². The summed E-state index contributed by atoms with van der Waals surface area (Å²) in [6, 6.07) is 13.9. The van der Waals surface area contributed by atoms with Gasteiger partial charge in [0.2, 0.25) is 0 Å². The number of carbonyl (C=O) groups excluding carboxylic acids is 1. The Kier molecular flexibility index (Phi) is 8.05. The van der Waals surface area contributed by atoms with E-state index in [0.29, 0.717) is 31.2 Å². The van der Waals surface area contributed by atoms with Gasteiger partial charge in [0.05, 0.1) is 6.54 Å². The van der Waals surface area contributed by atoms with Gasteiger partial charge in [-0.2, -0.15) is 0 Å². The van der Waals surface area contributed by atoms with Crippen LogP contribution in [0.4, 0.5) is 5.69 Å². The normalized spacial score (nSPS) is 11.4. The van der Waals surface area contributed by atoms with E-state index in [1.807, 2.05) is 43.0 Å². The maximum absolute atomic E-state index is 12.4. The van der Waals surface area contributed by atoms with E-state index < -0.39 is 0 Å². The van der Waals surface area contributed by atoms with Crippen molar-refractivity contribution in [2.45, 2.75) is 47.1 Å². The van der Waals surface area contributed by atoms with E-state index in [-0.39, 0.29) is 5.91 Å². The number of aliphatic imine (C=N–C) groups is 1. The zero-order chi connectivity index (χ0) is 20.5. The molecule has 3 N–H and O–H groups in total. The molecule has 0 saturated heterocycles. The molecule has 0 spiro atoms. The van der Waals surface area contributed by atoms with E-state index in [1.165, 1.54) is 11.1 Å². The number of benzene rings is 2. The van der Waals surface area contributed by atoms with Crippen molar-refractivity contribution in [3.8, 4) is 0 Å². The number of nitrogens with two attached hydrogens (primary N) is 1. The maximum Gasteiger partial charge on any atom is 0.253 e. The molecule has 0 aliphatic carbocycles. The molecule has 5 heteroatoms. The molecule has 0 fully saturated rings. The minimum Gasteiger partial charge on any atom is -0.370 e. The fraction of sp³-hybridized carbons (Fsp3) is 0.391. The van der Waals surface area contributed by atoms with Gasteiger partial charge in [0.25, 0.3) is 5.91 Å². The molecule has 5 nitrogen and oxygen atoms in total. The first-order valence-corrected chi connectivity index (χ1v) is 10.1. The van der Waals surface area contributed by atoms with Crippen molar-refractivity contribution in [2.24, 2.45) is 10.7 Å². The molecule has 0 radical (unpaired) electrons. The zero-order valence-electron chi connectivity index (χ0n) is 17.5. The topological polar surface area (TPSA) is 70.7 Å². The van der Waals surface area contributed by atoms with Gasteiger partial charge < -0.3 is 16.0 Å². The molecule has 2 aromatic rings. The van der Waals surface area contributed by atoms with Crippen LogP contribution in [0.15, 0.2) is 47.5 Å². The average molecular weight is 381 g/mol. The van der Waals surface area contributed by atoms with E-state index >= 15 is 0 Å². The quantitative estimate of drug-likeness (QED) is 0.532. The molecule has 0 aliphatic rings. The largest absolute Gasteiger partial charge is 0.370 e. The van der Waals surface area contributed by atoms with Crippen LogP contribution in [0.5, 0.6) is 0 Å². The van der Waals surface area contributed by atoms with Crippen molar-refractivity contribution in [1.82, 2.24) is 4.90 Å². The van der Waals surface area contributed by atoms with E-state index in [4.69, 9.17) is 5.73 Å². The highest BCUT2D eigenvalue weighted by Gasteiger charge is 2.12. The summed E-state index contributed by atoms with van der Waals surface area (Å²) in [7, 11) is 0. The van der Waals surface area contributed by atoms with Gasteiger partial charge in [0.15, 0.2) is 5.96 Å². The minimum atomic E-state index is 0.0597. The molecule has 2 rings (SSSR count). The second kappa shape index (κ2) is 10.5. The SMILES string of the molecule is CCc1cccc(CC)c1NC(N)=NCc1ccc(C(=O)N(CC)CC)cc1. The monoisotopic (exact) mass is 380 g/mol. The standard InChI is InChI=1S/C23H32N4O/c1-5-18-10-9-11-19(6-2)21(18)26-23(24)25-16-17-12-14-20(15-13-17)22(28)27(7-3)8-4/h9-15H,5-8,16H2,1-4H3,(H3,24,25,26). The third-order valence-electron chi connectivity index (χ3n) is 4.94. The average Bonchev–Trinajstić information content (AvgIpc) is 2.73. The number of anilines is 1. The maximum atomic E-state index is 12.4. The van der Waals surface area contributed by atoms with Crippen molar-refractivity contribution in [1.29, 1.82) is 0 Å². The van der Waals surface area contributed by atoms with E-state index in [1.54, 1.807) is 0 Å². The number of aryl methyl sites for hydroxylation is 2. The predicted octanol–water partition coefficient (Wildman–Crippen LogP) is 4.22. The lowest BCUT2D eigenvalue weighted by molar-refractivity contribution is 0.0773. The molecule has 0 aliphatic heterocycles. The van der Waals surface area contributed by atoms with E-state index in [2.05, 4.69) is 42.4 Å². The van der Waals surface area contributed by atoms with E-state index in [0.717, 1.165) is 24.1 Å². The Morgan fingerprint density at radius 1 is 0.964 bits per heavy atom. The highest BCUT2D eigenvalue weighted by molar-refractivity contribution is 5.94. The summed E-state index contributed by atoms with van der Waals surface area (Å²) in [5.41, 5.74) is 11.4. The summed E-state index contributed by atoms with van der Waals surface area (Å²) >= 11 is 0. The van der Waals surface area contributed by atoms with Crippen LogP contribution >= 0.6 is 0 Å². The number of rotatable bonds is 8. The van der Waals surface area contributed by atoms with Crippen molar-refractivity contribution >= 4 is 17.6 Å². The third-order valence-corrected chi connectivity index (χ3v) is 4.94. The van der Waals surface area contributed by atoms with Crippen LogP contribution in [0.2, 0.25) is 0 Å². The van der Waals surface area contributed by atoms with Gasteiger partial charge in [-0.3, -0.25) is 4.79 Å². The number of carbonyl (C=O) groups is 1. The molecule has 2 aromatic carbocycles. The second-order valence-corrected chi connectivity index (χ2v) is 6.66. The summed E-state index contributed by atoms with van der Waals surface area (Å²) in [5, 5.41) is 3.28. The number of nitrogens with one attached hydrogen (secondary N) is 1. The third kappa shape index (κ3) is 5.35. The Balaban J connectivity index is 2.07. The molecule has 28 heavy (non-hydrogen) atoms. The lowest BCUT2D eigenvalue weighted by Gasteiger charge is -2.18. The first-order valence-electron chi connectivity index (χ1n) is 10.1. The van der Waals surface area contributed by atoms with Gasteiger partial charge in [0, 0.05) is 24.3 Å². The lowest BCUT2D eigenvalue weighted by Crippen LogP contribution is -2.30. The van der Waals surface area contributed by atoms with Crippen LogP contribution in [-0.4, -0.2) is 29.9 Å². The van der Waals surface area contributed by atoms with E-state index in [9.17, 15) is 4.79 Å². The smallest absolute Gasteiger partial charge is 0.253 e. The summed E-state index contributed by atoms with van der Waals surface area (Å²) < 4.78 is 0. The number of para-hydroxylation sites is 1. The highest BCUT2D eigenvalue weighted by Crippen LogP contribution is 2.22. The van der Waals surface area contributed by atoms with Gasteiger partial charge in [-0.15, -0.1) is 0 Å². The number of guanidine groups is 1. The molecular weight excluding hydrogens is 348 g/mol. The van der Waals surface area contributed by atoms with Crippen LogP contribution in [0.3, 0.4) is 0 Å². The molecule has 0 heterocycles. The van der Waals surface area contributed by atoms with Crippen molar-refractivity contribution in [3.05, 3.63) is 64.7 Å². The fourth-order valence-electron chi connectivity index (χ4n) is 3.19. The molecule has 0 aromatic heterocycles. The zero-order valence-corrected chi connectivity index (χ0v) is 17.5. The molecule has 0 atom stereocenters. The molecule has 0 unspecified atom stereocenters. The van der Waals surface area contributed by atoms with Crippen LogP contribution in [0.25, 0.3) is 0 Å². The van der Waals surface area contributed by atoms with Crippen LogP contribution < -0.4 is 11.1 Å². The van der Waals surface area contributed by atoms with Crippen LogP contribution in [0.1, 0.15) is 54.7 Å². The van der Waals surface area contributed by atoms with Gasteiger partial charge >= 0.3 is 0 Å². The number of nitrogens with zero attached hydrogens (tertiary/aromatic N) is 2. The second-order valence-electron chi connectivity index (χ2n) is 6.66. The Morgan fingerprint density at radius 3 is 2.04 bits per heavy atom. The van der Waals surface area contributed by atoms with Crippen molar-refractivity contribution < 1.29 is 4.79 Å². The molecule has 1 amide bonds. The van der Waals surface area contributed by atoms with Gasteiger partial charge in [-0.25, -0.2) is 4.99 Å². The van der Waals surface area contributed by atoms with Gasteiger partial charge in [0.1, 0.15) is 0 Å². The fourth-order valence-corrected chi connectivity index (χ4v) is 3.19. The Morgan fingerprint density at radius 2 is 1.54 bits per heavy atom. The summed E-state index contributed by atoms with van der Waals surface area (Å²) in [5.74, 6) is 0.461.